The molecular weight excluding hydrogens is 326 g/mol. The van der Waals surface area contributed by atoms with Crippen molar-refractivity contribution in [3.8, 4) is 0 Å². The number of amides is 2. The first-order chi connectivity index (χ1) is 12.4. The highest BCUT2D eigenvalue weighted by Crippen LogP contribution is 2.32. The molecule has 5 heteroatoms. The average molecular weight is 349 g/mol. The zero-order chi connectivity index (χ0) is 18.7. The van der Waals surface area contributed by atoms with E-state index in [1.54, 1.807) is 6.08 Å². The highest BCUT2D eigenvalue weighted by molar-refractivity contribution is 5.95. The number of rotatable bonds is 5. The minimum atomic E-state index is -0.462. The van der Waals surface area contributed by atoms with Gasteiger partial charge in [-0.05, 0) is 59.9 Å². The van der Waals surface area contributed by atoms with Crippen molar-refractivity contribution in [2.75, 3.05) is 19.0 Å². The summed E-state index contributed by atoms with van der Waals surface area (Å²) in [7, 11) is 3.94. The Morgan fingerprint density at radius 3 is 2.54 bits per heavy atom. The summed E-state index contributed by atoms with van der Waals surface area (Å²) < 4.78 is 0. The number of fused-ring (bicyclic) bond motifs is 1. The summed E-state index contributed by atoms with van der Waals surface area (Å²) in [5, 5.41) is 3.13. The molecule has 0 aliphatic heterocycles. The maximum atomic E-state index is 12.5. The Kier molecular flexibility index (Phi) is 5.07. The molecule has 134 valence electrons. The number of hydrogen-bond donors (Lipinski definition) is 2. The molecule has 0 spiro atoms. The highest BCUT2D eigenvalue weighted by atomic mass is 16.2. The minimum absolute atomic E-state index is 0.0141. The zero-order valence-corrected chi connectivity index (χ0v) is 15.0. The molecule has 0 saturated heterocycles. The van der Waals surface area contributed by atoms with Crippen LogP contribution in [-0.2, 0) is 11.2 Å². The largest absolute Gasteiger partial charge is 0.378 e. The van der Waals surface area contributed by atoms with E-state index in [0.717, 1.165) is 29.7 Å². The van der Waals surface area contributed by atoms with E-state index in [9.17, 15) is 9.59 Å². The number of anilines is 1. The van der Waals surface area contributed by atoms with Crippen LogP contribution < -0.4 is 16.0 Å². The van der Waals surface area contributed by atoms with Crippen molar-refractivity contribution < 1.29 is 9.59 Å². The number of primary amides is 1. The van der Waals surface area contributed by atoms with Gasteiger partial charge < -0.3 is 16.0 Å². The van der Waals surface area contributed by atoms with E-state index in [2.05, 4.69) is 5.32 Å². The predicted octanol–water partition coefficient (Wildman–Crippen LogP) is 2.67. The second kappa shape index (κ2) is 7.44. The Bertz CT molecular complexity index is 854. The molecule has 0 fully saturated rings. The van der Waals surface area contributed by atoms with Crippen LogP contribution in [0.2, 0.25) is 0 Å². The Labute approximate surface area is 153 Å². The minimum Gasteiger partial charge on any atom is -0.378 e. The molecule has 1 atom stereocenters. The van der Waals surface area contributed by atoms with Crippen LogP contribution >= 0.6 is 0 Å². The second-order valence-corrected chi connectivity index (χ2v) is 6.70. The lowest BCUT2D eigenvalue weighted by atomic mass is 10.0. The summed E-state index contributed by atoms with van der Waals surface area (Å²) in [6, 6.07) is 13.6. The Balaban J connectivity index is 1.71. The van der Waals surface area contributed by atoms with Gasteiger partial charge >= 0.3 is 0 Å². The highest BCUT2D eigenvalue weighted by Gasteiger charge is 2.24. The summed E-state index contributed by atoms with van der Waals surface area (Å²) >= 11 is 0. The van der Waals surface area contributed by atoms with Gasteiger partial charge in [-0.25, -0.2) is 0 Å². The molecule has 5 nitrogen and oxygen atoms in total. The molecule has 1 aliphatic rings. The SMILES string of the molecule is CN(C)c1ccc(C(=O)NC2CCc3cc(/C=C/C(N)=O)ccc32)cc1. The van der Waals surface area contributed by atoms with Crippen molar-refractivity contribution in [1.29, 1.82) is 0 Å². The molecule has 0 saturated carbocycles. The van der Waals surface area contributed by atoms with Gasteiger partial charge in [-0.3, -0.25) is 9.59 Å². The third kappa shape index (κ3) is 3.94. The third-order valence-electron chi connectivity index (χ3n) is 4.64. The van der Waals surface area contributed by atoms with Gasteiger partial charge in [-0.15, -0.1) is 0 Å². The molecule has 3 N–H and O–H groups in total. The van der Waals surface area contributed by atoms with E-state index in [1.807, 2.05) is 61.5 Å². The monoisotopic (exact) mass is 349 g/mol. The maximum absolute atomic E-state index is 12.5. The van der Waals surface area contributed by atoms with Crippen molar-refractivity contribution in [1.82, 2.24) is 5.32 Å². The maximum Gasteiger partial charge on any atom is 0.251 e. The van der Waals surface area contributed by atoms with Crippen molar-refractivity contribution in [3.05, 3.63) is 70.8 Å². The summed E-state index contributed by atoms with van der Waals surface area (Å²) in [5.41, 5.74) is 10.1. The van der Waals surface area contributed by atoms with Gasteiger partial charge in [0.2, 0.25) is 5.91 Å². The van der Waals surface area contributed by atoms with Crippen molar-refractivity contribution >= 4 is 23.6 Å². The van der Waals surface area contributed by atoms with E-state index in [1.165, 1.54) is 11.6 Å². The predicted molar refractivity (Wildman–Crippen MR) is 104 cm³/mol. The lowest BCUT2D eigenvalue weighted by molar-refractivity contribution is -0.113. The topological polar surface area (TPSA) is 75.4 Å². The van der Waals surface area contributed by atoms with Gasteiger partial charge in [-0.1, -0.05) is 18.2 Å². The first-order valence-electron chi connectivity index (χ1n) is 8.62. The molecule has 0 radical (unpaired) electrons. The number of carbonyl (C=O) groups is 2. The molecule has 26 heavy (non-hydrogen) atoms. The molecule has 2 aromatic carbocycles. The smallest absolute Gasteiger partial charge is 0.251 e. The number of nitrogens with zero attached hydrogens (tertiary/aromatic N) is 1. The van der Waals surface area contributed by atoms with Crippen LogP contribution in [0.4, 0.5) is 5.69 Å². The molecular formula is C21H23N3O2. The lowest BCUT2D eigenvalue weighted by Gasteiger charge is -2.16. The van der Waals surface area contributed by atoms with E-state index < -0.39 is 5.91 Å². The van der Waals surface area contributed by atoms with E-state index in [-0.39, 0.29) is 11.9 Å². The van der Waals surface area contributed by atoms with Gasteiger partial charge in [0.25, 0.3) is 5.91 Å². The van der Waals surface area contributed by atoms with Crippen LogP contribution in [0.5, 0.6) is 0 Å². The number of aryl methyl sites for hydroxylation is 1. The van der Waals surface area contributed by atoms with E-state index in [4.69, 9.17) is 5.73 Å². The van der Waals surface area contributed by atoms with Crippen LogP contribution in [0, 0.1) is 0 Å². The summed E-state index contributed by atoms with van der Waals surface area (Å²) in [4.78, 5) is 25.4. The van der Waals surface area contributed by atoms with Crippen LogP contribution in [0.25, 0.3) is 6.08 Å². The van der Waals surface area contributed by atoms with Gasteiger partial charge in [0.1, 0.15) is 0 Å². The lowest BCUT2D eigenvalue weighted by Crippen LogP contribution is -2.27. The molecule has 0 heterocycles. The quantitative estimate of drug-likeness (QED) is 0.815. The normalized spacial score (nSPS) is 15.7. The second-order valence-electron chi connectivity index (χ2n) is 6.70. The average Bonchev–Trinajstić information content (AvgIpc) is 3.02. The van der Waals surface area contributed by atoms with Gasteiger partial charge in [-0.2, -0.15) is 0 Å². The summed E-state index contributed by atoms with van der Waals surface area (Å²) in [5.74, 6) is -0.526. The van der Waals surface area contributed by atoms with Crippen molar-refractivity contribution in [2.45, 2.75) is 18.9 Å². The first kappa shape index (κ1) is 17.7. The number of carbonyl (C=O) groups excluding carboxylic acids is 2. The Morgan fingerprint density at radius 2 is 1.88 bits per heavy atom. The van der Waals surface area contributed by atoms with E-state index in [0.29, 0.717) is 5.56 Å². The Morgan fingerprint density at radius 1 is 1.15 bits per heavy atom. The van der Waals surface area contributed by atoms with Crippen LogP contribution in [0.3, 0.4) is 0 Å². The fraction of sp³-hybridized carbons (Fsp3) is 0.238. The number of nitrogens with one attached hydrogen (secondary N) is 1. The van der Waals surface area contributed by atoms with Crippen LogP contribution in [-0.4, -0.2) is 25.9 Å². The Hall–Kier alpha value is -3.08. The number of hydrogen-bond acceptors (Lipinski definition) is 3. The standard InChI is InChI=1S/C21H23N3O2/c1-24(2)17-8-5-15(6-9-17)21(26)23-19-11-7-16-13-14(3-10-18(16)19)4-12-20(22)25/h3-6,8-10,12-13,19H,7,11H2,1-2H3,(H2,22,25)(H,23,26)/b12-4+. The summed E-state index contributed by atoms with van der Waals surface area (Å²) in [6.07, 6.45) is 4.84. The van der Waals surface area contributed by atoms with Crippen molar-refractivity contribution in [2.24, 2.45) is 5.73 Å². The number of benzene rings is 2. The third-order valence-corrected chi connectivity index (χ3v) is 4.64. The first-order valence-corrected chi connectivity index (χ1v) is 8.62. The number of nitrogens with two attached hydrogens (primary N) is 1. The van der Waals surface area contributed by atoms with Gasteiger partial charge in [0.15, 0.2) is 0 Å². The van der Waals surface area contributed by atoms with Crippen LogP contribution in [0.1, 0.15) is 39.5 Å². The molecule has 2 amide bonds. The zero-order valence-electron chi connectivity index (χ0n) is 15.0. The molecule has 0 aromatic heterocycles. The van der Waals surface area contributed by atoms with E-state index >= 15 is 0 Å². The fourth-order valence-corrected chi connectivity index (χ4v) is 3.22. The molecule has 3 rings (SSSR count). The fourth-order valence-electron chi connectivity index (χ4n) is 3.22. The molecule has 2 aromatic rings. The van der Waals surface area contributed by atoms with Gasteiger partial charge in [0.05, 0.1) is 6.04 Å². The van der Waals surface area contributed by atoms with Gasteiger partial charge in [0, 0.05) is 31.4 Å². The molecule has 0 bridgehead atoms. The molecule has 1 unspecified atom stereocenters. The molecule has 1 aliphatic carbocycles. The summed E-state index contributed by atoms with van der Waals surface area (Å²) in [6.45, 7) is 0. The van der Waals surface area contributed by atoms with Crippen molar-refractivity contribution in [3.63, 3.8) is 0 Å². The van der Waals surface area contributed by atoms with Crippen LogP contribution in [0.15, 0.2) is 48.5 Å².